The van der Waals surface area contributed by atoms with Crippen LogP contribution in [0.1, 0.15) is 5.56 Å². The lowest BCUT2D eigenvalue weighted by Gasteiger charge is -2.02. The first-order chi connectivity index (χ1) is 6.18. The average molecular weight is 212 g/mol. The molecule has 0 saturated carbocycles. The number of fused-ring (bicyclic) bond motifs is 1. The van der Waals surface area contributed by atoms with Crippen LogP contribution in [0, 0.1) is 6.92 Å². The molecular formula is C10H7Cl2N. The van der Waals surface area contributed by atoms with Crippen molar-refractivity contribution in [2.45, 2.75) is 6.92 Å². The van der Waals surface area contributed by atoms with Crippen LogP contribution in [0.3, 0.4) is 0 Å². The molecule has 0 spiro atoms. The van der Waals surface area contributed by atoms with E-state index in [1.54, 1.807) is 0 Å². The summed E-state index contributed by atoms with van der Waals surface area (Å²) in [6, 6.07) is 7.78. The van der Waals surface area contributed by atoms with Gasteiger partial charge in [0.15, 0.2) is 0 Å². The summed E-state index contributed by atoms with van der Waals surface area (Å²) in [5.74, 6) is 0. The van der Waals surface area contributed by atoms with Crippen molar-refractivity contribution in [3.8, 4) is 0 Å². The number of hydrogen-bond acceptors (Lipinski definition) is 1. The highest BCUT2D eigenvalue weighted by molar-refractivity contribution is 6.41. The van der Waals surface area contributed by atoms with Crippen LogP contribution in [-0.2, 0) is 0 Å². The van der Waals surface area contributed by atoms with Crippen molar-refractivity contribution in [2.75, 3.05) is 0 Å². The third-order valence-electron chi connectivity index (χ3n) is 1.96. The van der Waals surface area contributed by atoms with Crippen molar-refractivity contribution in [3.05, 3.63) is 40.0 Å². The van der Waals surface area contributed by atoms with Gasteiger partial charge < -0.3 is 0 Å². The van der Waals surface area contributed by atoms with E-state index in [-0.39, 0.29) is 0 Å². The maximum Gasteiger partial charge on any atom is 0.148 e. The molecule has 0 aliphatic carbocycles. The van der Waals surface area contributed by atoms with E-state index < -0.39 is 0 Å². The molecule has 66 valence electrons. The van der Waals surface area contributed by atoms with E-state index >= 15 is 0 Å². The largest absolute Gasteiger partial charge is 0.234 e. The standard InChI is InChI=1S/C10H7Cl2N/c1-6-3-2-4-7-5-8(11)10(12)13-9(6)7/h2-5H,1H3. The minimum absolute atomic E-state index is 0.364. The summed E-state index contributed by atoms with van der Waals surface area (Å²) in [5.41, 5.74) is 2.02. The first-order valence-corrected chi connectivity index (χ1v) is 4.65. The summed E-state index contributed by atoms with van der Waals surface area (Å²) < 4.78 is 0. The number of benzene rings is 1. The fourth-order valence-electron chi connectivity index (χ4n) is 1.30. The smallest absolute Gasteiger partial charge is 0.148 e. The molecule has 0 aliphatic heterocycles. The van der Waals surface area contributed by atoms with Gasteiger partial charge in [-0.25, -0.2) is 4.98 Å². The lowest BCUT2D eigenvalue weighted by atomic mass is 10.1. The van der Waals surface area contributed by atoms with E-state index in [0.717, 1.165) is 16.5 Å². The number of para-hydroxylation sites is 1. The van der Waals surface area contributed by atoms with Gasteiger partial charge in [-0.1, -0.05) is 41.4 Å². The normalized spacial score (nSPS) is 10.7. The van der Waals surface area contributed by atoms with Crippen LogP contribution in [0.2, 0.25) is 10.2 Å². The molecule has 3 heteroatoms. The lowest BCUT2D eigenvalue weighted by Crippen LogP contribution is -1.84. The second-order valence-corrected chi connectivity index (χ2v) is 3.67. The molecule has 0 fully saturated rings. The van der Waals surface area contributed by atoms with E-state index in [1.807, 2.05) is 31.2 Å². The number of aromatic nitrogens is 1. The number of pyridine rings is 1. The SMILES string of the molecule is Cc1cccc2cc(Cl)c(Cl)nc12. The number of halogens is 2. The zero-order valence-electron chi connectivity index (χ0n) is 7.01. The average Bonchev–Trinajstić information content (AvgIpc) is 2.09. The Labute approximate surface area is 86.3 Å². The van der Waals surface area contributed by atoms with Crippen molar-refractivity contribution in [1.29, 1.82) is 0 Å². The second kappa shape index (κ2) is 3.17. The molecule has 0 unspecified atom stereocenters. The Morgan fingerprint density at radius 1 is 1.23 bits per heavy atom. The Bertz CT molecular complexity index is 466. The molecule has 1 aromatic heterocycles. The predicted molar refractivity (Wildman–Crippen MR) is 56.5 cm³/mol. The van der Waals surface area contributed by atoms with Crippen molar-refractivity contribution in [2.24, 2.45) is 0 Å². The van der Waals surface area contributed by atoms with Gasteiger partial charge in [-0.3, -0.25) is 0 Å². The van der Waals surface area contributed by atoms with E-state index in [9.17, 15) is 0 Å². The Kier molecular flexibility index (Phi) is 2.14. The molecule has 2 rings (SSSR count). The molecule has 0 bridgehead atoms. The summed E-state index contributed by atoms with van der Waals surface area (Å²) in [5, 5.41) is 1.89. The Hall–Kier alpha value is -0.790. The lowest BCUT2D eigenvalue weighted by molar-refractivity contribution is 1.37. The summed E-state index contributed by atoms with van der Waals surface area (Å²) in [7, 11) is 0. The fourth-order valence-corrected chi connectivity index (χ4v) is 1.60. The molecule has 0 aliphatic rings. The first kappa shape index (κ1) is 8.79. The fraction of sp³-hybridized carbons (Fsp3) is 0.100. The van der Waals surface area contributed by atoms with Gasteiger partial charge in [0.1, 0.15) is 5.15 Å². The van der Waals surface area contributed by atoms with Gasteiger partial charge in [0.05, 0.1) is 10.5 Å². The van der Waals surface area contributed by atoms with Crippen LogP contribution in [0.15, 0.2) is 24.3 Å². The monoisotopic (exact) mass is 211 g/mol. The number of rotatable bonds is 0. The third kappa shape index (κ3) is 1.50. The molecule has 0 amide bonds. The molecule has 2 aromatic rings. The van der Waals surface area contributed by atoms with Crippen molar-refractivity contribution in [1.82, 2.24) is 4.98 Å². The van der Waals surface area contributed by atoms with E-state index in [4.69, 9.17) is 23.2 Å². The van der Waals surface area contributed by atoms with Crippen LogP contribution in [-0.4, -0.2) is 4.98 Å². The maximum absolute atomic E-state index is 5.85. The highest BCUT2D eigenvalue weighted by Crippen LogP contribution is 2.25. The zero-order chi connectivity index (χ0) is 9.42. The van der Waals surface area contributed by atoms with Gasteiger partial charge in [0.2, 0.25) is 0 Å². The summed E-state index contributed by atoms with van der Waals surface area (Å²) in [6.07, 6.45) is 0. The van der Waals surface area contributed by atoms with Gasteiger partial charge in [0, 0.05) is 5.39 Å². The van der Waals surface area contributed by atoms with E-state index in [0.29, 0.717) is 10.2 Å². The molecule has 0 atom stereocenters. The van der Waals surface area contributed by atoms with Gasteiger partial charge in [-0.2, -0.15) is 0 Å². The molecular weight excluding hydrogens is 205 g/mol. The maximum atomic E-state index is 5.85. The van der Waals surface area contributed by atoms with Gasteiger partial charge in [-0.15, -0.1) is 0 Å². The molecule has 1 aromatic carbocycles. The number of hydrogen-bond donors (Lipinski definition) is 0. The quantitative estimate of drug-likeness (QED) is 0.604. The topological polar surface area (TPSA) is 12.9 Å². The van der Waals surface area contributed by atoms with Gasteiger partial charge >= 0.3 is 0 Å². The van der Waals surface area contributed by atoms with Crippen LogP contribution in [0.4, 0.5) is 0 Å². The van der Waals surface area contributed by atoms with Crippen LogP contribution >= 0.6 is 23.2 Å². The Morgan fingerprint density at radius 3 is 2.77 bits per heavy atom. The summed E-state index contributed by atoms with van der Waals surface area (Å²) in [6.45, 7) is 2.00. The van der Waals surface area contributed by atoms with E-state index in [1.165, 1.54) is 0 Å². The minimum Gasteiger partial charge on any atom is -0.234 e. The van der Waals surface area contributed by atoms with E-state index in [2.05, 4.69) is 4.98 Å². The second-order valence-electron chi connectivity index (χ2n) is 2.91. The number of nitrogens with zero attached hydrogens (tertiary/aromatic N) is 1. The number of aryl methyl sites for hydroxylation is 1. The molecule has 1 nitrogen and oxygen atoms in total. The summed E-state index contributed by atoms with van der Waals surface area (Å²) in [4.78, 5) is 4.21. The van der Waals surface area contributed by atoms with Gasteiger partial charge in [0.25, 0.3) is 0 Å². The molecule has 0 saturated heterocycles. The molecule has 0 radical (unpaired) electrons. The van der Waals surface area contributed by atoms with Crippen LogP contribution in [0.5, 0.6) is 0 Å². The molecule has 0 N–H and O–H groups in total. The predicted octanol–water partition coefficient (Wildman–Crippen LogP) is 3.85. The van der Waals surface area contributed by atoms with Gasteiger partial charge in [-0.05, 0) is 18.6 Å². The first-order valence-electron chi connectivity index (χ1n) is 3.90. The molecule has 13 heavy (non-hydrogen) atoms. The molecule has 1 heterocycles. The third-order valence-corrected chi connectivity index (χ3v) is 2.63. The minimum atomic E-state index is 0.364. The Morgan fingerprint density at radius 2 is 2.00 bits per heavy atom. The van der Waals surface area contributed by atoms with Crippen molar-refractivity contribution >= 4 is 34.1 Å². The summed E-state index contributed by atoms with van der Waals surface area (Å²) >= 11 is 11.7. The highest BCUT2D eigenvalue weighted by atomic mass is 35.5. The zero-order valence-corrected chi connectivity index (χ0v) is 8.52. The Balaban J connectivity index is 2.89. The van der Waals surface area contributed by atoms with Crippen molar-refractivity contribution < 1.29 is 0 Å². The van der Waals surface area contributed by atoms with Crippen LogP contribution in [0.25, 0.3) is 10.9 Å². The van der Waals surface area contributed by atoms with Crippen molar-refractivity contribution in [3.63, 3.8) is 0 Å². The highest BCUT2D eigenvalue weighted by Gasteiger charge is 2.03. The van der Waals surface area contributed by atoms with Crippen LogP contribution < -0.4 is 0 Å².